The third-order valence-corrected chi connectivity index (χ3v) is 9.12. The zero-order chi connectivity index (χ0) is 53.2. The first-order valence-corrected chi connectivity index (χ1v) is 17.1. The van der Waals surface area contributed by atoms with Crippen molar-refractivity contribution >= 4 is 15.9 Å². The van der Waals surface area contributed by atoms with Crippen molar-refractivity contribution in [3.8, 4) is 11.5 Å². The molecule has 0 aromatic heterocycles. The first kappa shape index (κ1) is 60.9. The average molecular weight is 1120 g/mol. The van der Waals surface area contributed by atoms with E-state index in [9.17, 15) is 149 Å². The Morgan fingerprint density at radius 2 is 0.515 bits per heavy atom. The van der Waals surface area contributed by atoms with Crippen LogP contribution in [0.1, 0.15) is 31.2 Å². The third kappa shape index (κ3) is 9.35. The van der Waals surface area contributed by atoms with Crippen LogP contribution in [0.2, 0.25) is 0 Å². The number of ether oxygens (including phenoxy) is 2. The van der Waals surface area contributed by atoms with Crippen LogP contribution in [0, 0.1) is 0 Å². The fourth-order valence-corrected chi connectivity index (χ4v) is 4.87. The Morgan fingerprint density at radius 1 is 0.303 bits per heavy atom. The molecule has 0 unspecified atom stereocenters. The predicted octanol–water partition coefficient (Wildman–Crippen LogP) is 14.9. The van der Waals surface area contributed by atoms with Crippen LogP contribution in [0.15, 0.2) is 18.2 Å². The third-order valence-electron chi connectivity index (χ3n) is 8.48. The highest BCUT2D eigenvalue weighted by Gasteiger charge is 2.96. The second-order valence-electron chi connectivity index (χ2n) is 13.1. The quantitative estimate of drug-likeness (QED) is 0.0618. The predicted molar refractivity (Wildman–Crippen MR) is 150 cm³/mol. The molecule has 0 saturated carbocycles. The number of halogens is 35. The molecule has 390 valence electrons. The summed E-state index contributed by atoms with van der Waals surface area (Å²) in [7, 11) is 0. The van der Waals surface area contributed by atoms with E-state index in [2.05, 4.69) is 25.4 Å². The van der Waals surface area contributed by atoms with E-state index in [-0.39, 0.29) is 5.56 Å². The van der Waals surface area contributed by atoms with Crippen LogP contribution in [-0.2, 0) is 5.33 Å². The van der Waals surface area contributed by atoms with E-state index in [0.717, 1.165) is 12.1 Å². The van der Waals surface area contributed by atoms with Crippen molar-refractivity contribution in [2.75, 3.05) is 13.2 Å². The standard InChI is InChI=1S/C29H17BrF34O2/c30-10-11-7-12(65-5-1-3-14(31,32)16(35,36)18(39,40)20(43,44)22(47,48)24(51,52)26(55,56)28(59,60)61)9-13(8-11)66-6-2-4-15(33,34)17(37,38)19(41,42)21(45,46)23(49,50)25(53,54)27(57,58)29(62,63)64/h7-9H,1-6,10H2. The molecule has 0 fully saturated rings. The van der Waals surface area contributed by atoms with E-state index >= 15 is 0 Å². The number of alkyl halides is 35. The SMILES string of the molecule is FC(F)(F)C(F)(F)C(F)(F)C(F)(F)C(F)(F)C(F)(F)C(F)(F)C(F)(F)CCCOc1cc(CBr)cc(OCCCC(F)(F)C(F)(F)C(F)(F)C(F)(F)C(F)(F)C(F)(F)C(F)(F)C(F)(F)F)c1. The van der Waals surface area contributed by atoms with Gasteiger partial charge in [0.1, 0.15) is 11.5 Å². The molecule has 37 heteroatoms. The Bertz CT molecular complexity index is 1690. The molecule has 1 rings (SSSR count). The molecular weight excluding hydrogens is 1110 g/mol. The molecule has 0 amide bonds. The van der Waals surface area contributed by atoms with Crippen LogP contribution in [0.3, 0.4) is 0 Å². The Morgan fingerprint density at radius 3 is 0.727 bits per heavy atom. The zero-order valence-electron chi connectivity index (χ0n) is 30.2. The van der Waals surface area contributed by atoms with Crippen molar-refractivity contribution in [3.05, 3.63) is 23.8 Å². The molecule has 0 aliphatic carbocycles. The lowest BCUT2D eigenvalue weighted by molar-refractivity contribution is -0.461. The maximum Gasteiger partial charge on any atom is 0.460 e. The van der Waals surface area contributed by atoms with Gasteiger partial charge in [0.15, 0.2) is 0 Å². The monoisotopic (exact) mass is 1120 g/mol. The van der Waals surface area contributed by atoms with Gasteiger partial charge in [-0.2, -0.15) is 149 Å². The highest BCUT2D eigenvalue weighted by Crippen LogP contribution is 2.66. The van der Waals surface area contributed by atoms with Gasteiger partial charge in [-0.3, -0.25) is 0 Å². The van der Waals surface area contributed by atoms with Gasteiger partial charge in [-0.25, -0.2) is 0 Å². The molecule has 2 nitrogen and oxygen atoms in total. The molecule has 0 spiro atoms. The molecular formula is C29H17BrF34O2. The molecule has 0 N–H and O–H groups in total. The smallest absolute Gasteiger partial charge is 0.460 e. The molecule has 0 aliphatic rings. The van der Waals surface area contributed by atoms with E-state index in [1.807, 2.05) is 0 Å². The molecule has 1 aromatic carbocycles. The van der Waals surface area contributed by atoms with E-state index in [1.165, 1.54) is 0 Å². The summed E-state index contributed by atoms with van der Waals surface area (Å²) in [6.45, 7) is -3.13. The summed E-state index contributed by atoms with van der Waals surface area (Å²) < 4.78 is 466. The van der Waals surface area contributed by atoms with Crippen LogP contribution >= 0.6 is 15.9 Å². The molecule has 0 atom stereocenters. The van der Waals surface area contributed by atoms with Crippen molar-refractivity contribution < 1.29 is 159 Å². The number of benzene rings is 1. The largest absolute Gasteiger partial charge is 0.493 e. The van der Waals surface area contributed by atoms with Crippen molar-refractivity contribution in [3.63, 3.8) is 0 Å². The summed E-state index contributed by atoms with van der Waals surface area (Å²) >= 11 is 2.71. The number of rotatable bonds is 23. The van der Waals surface area contributed by atoms with Crippen LogP contribution in [0.5, 0.6) is 11.5 Å². The first-order chi connectivity index (χ1) is 28.6. The minimum Gasteiger partial charge on any atom is -0.493 e. The van der Waals surface area contributed by atoms with Gasteiger partial charge in [-0.15, -0.1) is 0 Å². The second kappa shape index (κ2) is 17.7. The van der Waals surface area contributed by atoms with E-state index in [1.54, 1.807) is 0 Å². The highest BCUT2D eigenvalue weighted by atomic mass is 79.9. The lowest BCUT2D eigenvalue weighted by atomic mass is 9.88. The fraction of sp³-hybridized carbons (Fsp3) is 0.793. The Kier molecular flexibility index (Phi) is 16.3. The molecule has 66 heavy (non-hydrogen) atoms. The van der Waals surface area contributed by atoms with Gasteiger partial charge in [0, 0.05) is 24.2 Å². The van der Waals surface area contributed by atoms with Crippen molar-refractivity contribution in [1.82, 2.24) is 0 Å². The summed E-state index contributed by atoms with van der Waals surface area (Å²) in [6, 6.07) is 1.86. The summed E-state index contributed by atoms with van der Waals surface area (Å²) in [6.07, 6.45) is -25.6. The maximum atomic E-state index is 14.2. The number of hydrogen-bond acceptors (Lipinski definition) is 2. The molecule has 0 bridgehead atoms. The highest BCUT2D eigenvalue weighted by molar-refractivity contribution is 9.08. The second-order valence-corrected chi connectivity index (χ2v) is 13.7. The average Bonchev–Trinajstić information content (AvgIpc) is 3.13. The van der Waals surface area contributed by atoms with Gasteiger partial charge >= 0.3 is 95.3 Å². The maximum absolute atomic E-state index is 14.2. The summed E-state index contributed by atoms with van der Waals surface area (Å²) in [5, 5.41) is -0.432. The molecule has 0 radical (unpaired) electrons. The Balaban J connectivity index is 3.21. The van der Waals surface area contributed by atoms with Gasteiger partial charge in [0.05, 0.1) is 13.2 Å². The van der Waals surface area contributed by atoms with Crippen LogP contribution < -0.4 is 9.47 Å². The van der Waals surface area contributed by atoms with Crippen LogP contribution in [-0.4, -0.2) is 108 Å². The summed E-state index contributed by atoms with van der Waals surface area (Å²) in [5.74, 6) is -118. The van der Waals surface area contributed by atoms with Crippen LogP contribution in [0.25, 0.3) is 0 Å². The van der Waals surface area contributed by atoms with Crippen molar-refractivity contribution in [2.45, 2.75) is 126 Å². The Hall–Kier alpha value is -3.08. The van der Waals surface area contributed by atoms with Gasteiger partial charge in [0.2, 0.25) is 0 Å². The van der Waals surface area contributed by atoms with Gasteiger partial charge < -0.3 is 9.47 Å². The van der Waals surface area contributed by atoms with E-state index in [4.69, 9.17) is 0 Å². The molecule has 0 aliphatic heterocycles. The minimum atomic E-state index is -8.89. The van der Waals surface area contributed by atoms with E-state index < -0.39 is 151 Å². The minimum absolute atomic E-state index is 0.234. The first-order valence-electron chi connectivity index (χ1n) is 16.0. The molecule has 0 heterocycles. The van der Waals surface area contributed by atoms with Crippen LogP contribution in [0.4, 0.5) is 149 Å². The summed E-state index contributed by atoms with van der Waals surface area (Å²) in [5.41, 5.74) is -0.234. The lowest BCUT2D eigenvalue weighted by Crippen LogP contribution is -2.74. The van der Waals surface area contributed by atoms with Gasteiger partial charge in [-0.1, -0.05) is 15.9 Å². The number of hydrogen-bond donors (Lipinski definition) is 0. The topological polar surface area (TPSA) is 18.5 Å². The normalized spacial score (nSPS) is 15.9. The summed E-state index contributed by atoms with van der Waals surface area (Å²) in [4.78, 5) is 0. The zero-order valence-corrected chi connectivity index (χ0v) is 31.8. The lowest BCUT2D eigenvalue weighted by Gasteiger charge is -2.42. The van der Waals surface area contributed by atoms with Gasteiger partial charge in [0.25, 0.3) is 0 Å². The van der Waals surface area contributed by atoms with Crippen molar-refractivity contribution in [2.24, 2.45) is 0 Å². The molecule has 0 saturated heterocycles. The Labute approximate surface area is 350 Å². The molecule has 1 aromatic rings. The van der Waals surface area contributed by atoms with Gasteiger partial charge in [-0.05, 0) is 30.5 Å². The van der Waals surface area contributed by atoms with Crippen molar-refractivity contribution in [1.29, 1.82) is 0 Å². The fourth-order valence-electron chi connectivity index (χ4n) is 4.55. The van der Waals surface area contributed by atoms with E-state index in [0.29, 0.717) is 6.07 Å².